The van der Waals surface area contributed by atoms with Crippen molar-refractivity contribution in [1.29, 1.82) is 0 Å². The van der Waals surface area contributed by atoms with Gasteiger partial charge in [-0.25, -0.2) is 0 Å². The molecule has 132 valence electrons. The topological polar surface area (TPSA) is 58.2 Å². The molecule has 0 unspecified atom stereocenters. The van der Waals surface area contributed by atoms with Crippen LogP contribution >= 0.6 is 46.4 Å². The normalized spacial score (nSPS) is 10.4. The standard InChI is InChI=1S/C17H14Cl4N2O2/c18-10-2-4-12(14(20)8-10)16(24)22-6-1-7-23-17(25)13-5-3-11(19)9-15(13)21/h2-5,8-9H,1,6-7H2,(H,22,24)(H,23,25). The van der Waals surface area contributed by atoms with Gasteiger partial charge in [-0.3, -0.25) is 9.59 Å². The van der Waals surface area contributed by atoms with E-state index >= 15 is 0 Å². The van der Waals surface area contributed by atoms with Crippen molar-refractivity contribution in [2.24, 2.45) is 0 Å². The SMILES string of the molecule is O=C(NCCCNC(=O)c1ccc(Cl)cc1Cl)c1ccc(Cl)cc1Cl. The van der Waals surface area contributed by atoms with Crippen molar-refractivity contribution < 1.29 is 9.59 Å². The molecule has 0 aliphatic rings. The van der Waals surface area contributed by atoms with Crippen LogP contribution in [0.1, 0.15) is 27.1 Å². The molecule has 0 bridgehead atoms. The van der Waals surface area contributed by atoms with E-state index in [1.165, 1.54) is 12.1 Å². The summed E-state index contributed by atoms with van der Waals surface area (Å²) in [6, 6.07) is 9.33. The first-order valence-electron chi connectivity index (χ1n) is 7.35. The summed E-state index contributed by atoms with van der Waals surface area (Å²) < 4.78 is 0. The predicted octanol–water partition coefficient (Wildman–Crippen LogP) is 4.85. The number of carbonyl (C=O) groups is 2. The highest BCUT2D eigenvalue weighted by Crippen LogP contribution is 2.21. The maximum atomic E-state index is 12.0. The Balaban J connectivity index is 1.76. The van der Waals surface area contributed by atoms with E-state index in [0.29, 0.717) is 40.7 Å². The van der Waals surface area contributed by atoms with Gasteiger partial charge in [0.2, 0.25) is 0 Å². The Morgan fingerprint density at radius 3 is 1.48 bits per heavy atom. The lowest BCUT2D eigenvalue weighted by Gasteiger charge is -2.09. The van der Waals surface area contributed by atoms with Crippen LogP contribution in [0.5, 0.6) is 0 Å². The lowest BCUT2D eigenvalue weighted by molar-refractivity contribution is 0.0952. The Labute approximate surface area is 165 Å². The Kier molecular flexibility index (Phi) is 7.38. The van der Waals surface area contributed by atoms with Gasteiger partial charge in [0.05, 0.1) is 21.2 Å². The van der Waals surface area contributed by atoms with Crippen molar-refractivity contribution in [2.45, 2.75) is 6.42 Å². The molecule has 0 spiro atoms. The summed E-state index contributed by atoms with van der Waals surface area (Å²) in [5.41, 5.74) is 0.700. The number of benzene rings is 2. The summed E-state index contributed by atoms with van der Waals surface area (Å²) in [5.74, 6) is -0.595. The van der Waals surface area contributed by atoms with Gasteiger partial charge in [-0.15, -0.1) is 0 Å². The van der Waals surface area contributed by atoms with Crippen molar-refractivity contribution >= 4 is 58.2 Å². The van der Waals surface area contributed by atoms with E-state index in [1.54, 1.807) is 24.3 Å². The number of rotatable bonds is 6. The van der Waals surface area contributed by atoms with Crippen LogP contribution in [0.3, 0.4) is 0 Å². The molecular weight excluding hydrogens is 406 g/mol. The molecule has 2 aromatic carbocycles. The van der Waals surface area contributed by atoms with Crippen LogP contribution in [0.2, 0.25) is 20.1 Å². The lowest BCUT2D eigenvalue weighted by Crippen LogP contribution is -2.30. The number of nitrogens with one attached hydrogen (secondary N) is 2. The Bertz CT molecular complexity index is 731. The monoisotopic (exact) mass is 418 g/mol. The van der Waals surface area contributed by atoms with E-state index in [0.717, 1.165) is 0 Å². The van der Waals surface area contributed by atoms with Gasteiger partial charge in [-0.2, -0.15) is 0 Å². The van der Waals surface area contributed by atoms with Crippen LogP contribution in [-0.2, 0) is 0 Å². The quantitative estimate of drug-likeness (QED) is 0.657. The molecule has 25 heavy (non-hydrogen) atoms. The number of hydrogen-bond acceptors (Lipinski definition) is 2. The minimum absolute atomic E-state index is 0.288. The molecule has 2 N–H and O–H groups in total. The predicted molar refractivity (Wildman–Crippen MR) is 102 cm³/mol. The average molecular weight is 420 g/mol. The van der Waals surface area contributed by atoms with Gasteiger partial charge in [-0.1, -0.05) is 46.4 Å². The van der Waals surface area contributed by atoms with Crippen LogP contribution in [0.25, 0.3) is 0 Å². The average Bonchev–Trinajstić information content (AvgIpc) is 2.54. The van der Waals surface area contributed by atoms with E-state index in [1.807, 2.05) is 0 Å². The van der Waals surface area contributed by atoms with Gasteiger partial charge >= 0.3 is 0 Å². The molecule has 0 saturated heterocycles. The zero-order valence-corrected chi connectivity index (χ0v) is 15.9. The van der Waals surface area contributed by atoms with E-state index in [2.05, 4.69) is 10.6 Å². The summed E-state index contributed by atoms with van der Waals surface area (Å²) >= 11 is 23.5. The van der Waals surface area contributed by atoms with Gasteiger partial charge < -0.3 is 10.6 Å². The van der Waals surface area contributed by atoms with Gasteiger partial charge in [0.25, 0.3) is 11.8 Å². The summed E-state index contributed by atoms with van der Waals surface area (Å²) in [5, 5.41) is 6.96. The number of halogens is 4. The number of hydrogen-bond donors (Lipinski definition) is 2. The van der Waals surface area contributed by atoms with Gasteiger partial charge in [0.1, 0.15) is 0 Å². The fourth-order valence-electron chi connectivity index (χ4n) is 2.03. The molecule has 2 aromatic rings. The molecule has 0 fully saturated rings. The van der Waals surface area contributed by atoms with Crippen molar-refractivity contribution in [2.75, 3.05) is 13.1 Å². The van der Waals surface area contributed by atoms with E-state index < -0.39 is 0 Å². The molecule has 2 rings (SSSR count). The van der Waals surface area contributed by atoms with Crippen LogP contribution in [-0.4, -0.2) is 24.9 Å². The van der Waals surface area contributed by atoms with Crippen molar-refractivity contribution in [3.05, 3.63) is 67.6 Å². The van der Waals surface area contributed by atoms with E-state index in [4.69, 9.17) is 46.4 Å². The zero-order valence-electron chi connectivity index (χ0n) is 12.9. The summed E-state index contributed by atoms with van der Waals surface area (Å²) in [4.78, 5) is 24.0. The minimum atomic E-state index is -0.297. The minimum Gasteiger partial charge on any atom is -0.352 e. The molecule has 0 aliphatic carbocycles. The first kappa shape index (κ1) is 19.9. The Morgan fingerprint density at radius 1 is 0.720 bits per heavy atom. The van der Waals surface area contributed by atoms with Crippen LogP contribution in [0, 0.1) is 0 Å². The van der Waals surface area contributed by atoms with E-state index in [-0.39, 0.29) is 21.9 Å². The molecule has 8 heteroatoms. The van der Waals surface area contributed by atoms with E-state index in [9.17, 15) is 9.59 Å². The van der Waals surface area contributed by atoms with Crippen molar-refractivity contribution in [3.8, 4) is 0 Å². The first-order chi connectivity index (χ1) is 11.9. The number of carbonyl (C=O) groups excluding carboxylic acids is 2. The summed E-state index contributed by atoms with van der Waals surface area (Å²) in [6.45, 7) is 0.763. The van der Waals surface area contributed by atoms with Crippen molar-refractivity contribution in [3.63, 3.8) is 0 Å². The maximum Gasteiger partial charge on any atom is 0.252 e. The molecule has 0 aromatic heterocycles. The molecule has 0 aliphatic heterocycles. The highest BCUT2D eigenvalue weighted by molar-refractivity contribution is 6.37. The van der Waals surface area contributed by atoms with Crippen LogP contribution in [0.15, 0.2) is 36.4 Å². The third-order valence-corrected chi connectivity index (χ3v) is 4.37. The Morgan fingerprint density at radius 2 is 1.12 bits per heavy atom. The van der Waals surface area contributed by atoms with Gasteiger partial charge in [-0.05, 0) is 42.8 Å². The summed E-state index contributed by atoms with van der Waals surface area (Å²) in [7, 11) is 0. The largest absolute Gasteiger partial charge is 0.352 e. The van der Waals surface area contributed by atoms with Crippen molar-refractivity contribution in [1.82, 2.24) is 10.6 Å². The molecule has 0 heterocycles. The molecule has 0 radical (unpaired) electrons. The highest BCUT2D eigenvalue weighted by Gasteiger charge is 2.11. The smallest absolute Gasteiger partial charge is 0.252 e. The summed E-state index contributed by atoms with van der Waals surface area (Å²) in [6.07, 6.45) is 0.550. The third-order valence-electron chi connectivity index (χ3n) is 3.28. The maximum absolute atomic E-state index is 12.0. The van der Waals surface area contributed by atoms with Crippen LogP contribution < -0.4 is 10.6 Å². The second-order valence-electron chi connectivity index (χ2n) is 5.11. The van der Waals surface area contributed by atoms with Gasteiger partial charge in [0, 0.05) is 23.1 Å². The first-order valence-corrected chi connectivity index (χ1v) is 8.86. The van der Waals surface area contributed by atoms with Gasteiger partial charge in [0.15, 0.2) is 0 Å². The second-order valence-corrected chi connectivity index (χ2v) is 6.80. The highest BCUT2D eigenvalue weighted by atomic mass is 35.5. The molecule has 4 nitrogen and oxygen atoms in total. The fraction of sp³-hybridized carbons (Fsp3) is 0.176. The molecule has 2 amide bonds. The number of amides is 2. The molecular formula is C17H14Cl4N2O2. The second kappa shape index (κ2) is 9.30. The lowest BCUT2D eigenvalue weighted by atomic mass is 10.2. The zero-order chi connectivity index (χ0) is 18.4. The van der Waals surface area contributed by atoms with Crippen LogP contribution in [0.4, 0.5) is 0 Å². The Hall–Kier alpha value is -1.46. The third kappa shape index (κ3) is 5.79. The fourth-order valence-corrected chi connectivity index (χ4v) is 3.02. The molecule has 0 saturated carbocycles. The molecule has 0 atom stereocenters.